The molecular formula is C13H22N6. The van der Waals surface area contributed by atoms with Crippen LogP contribution in [0.4, 0.5) is 0 Å². The molecule has 6 heteroatoms. The highest BCUT2D eigenvalue weighted by Gasteiger charge is 2.16. The summed E-state index contributed by atoms with van der Waals surface area (Å²) in [4.78, 5) is 4.40. The zero-order chi connectivity index (χ0) is 13.1. The molecule has 0 saturated heterocycles. The van der Waals surface area contributed by atoms with E-state index in [1.807, 2.05) is 0 Å². The van der Waals surface area contributed by atoms with Crippen LogP contribution in [0.5, 0.6) is 0 Å². The Morgan fingerprint density at radius 2 is 2.11 bits per heavy atom. The monoisotopic (exact) mass is 262 g/mol. The normalized spacial score (nSPS) is 20.5. The Hall–Kier alpha value is -1.59. The standard InChI is InChI=1S/C13H22N6/c14-13(16-10-5-1-2-6-10)15-9-12-18-17-11-7-3-4-8-19(11)12/h10H,1-9H2,(H3,14,15,16). The van der Waals surface area contributed by atoms with Crippen molar-refractivity contribution in [3.05, 3.63) is 11.6 Å². The predicted molar refractivity (Wildman–Crippen MR) is 73.7 cm³/mol. The van der Waals surface area contributed by atoms with Crippen LogP contribution in [0.3, 0.4) is 0 Å². The molecule has 0 unspecified atom stereocenters. The molecular weight excluding hydrogens is 240 g/mol. The van der Waals surface area contributed by atoms with Gasteiger partial charge in [0, 0.05) is 19.0 Å². The average Bonchev–Trinajstić information content (AvgIpc) is 3.05. The maximum Gasteiger partial charge on any atom is 0.189 e. The highest BCUT2D eigenvalue weighted by atomic mass is 15.3. The Morgan fingerprint density at radius 1 is 1.26 bits per heavy atom. The largest absolute Gasteiger partial charge is 0.370 e. The van der Waals surface area contributed by atoms with Crippen LogP contribution in [0.25, 0.3) is 0 Å². The van der Waals surface area contributed by atoms with Gasteiger partial charge in [-0.15, -0.1) is 10.2 Å². The summed E-state index contributed by atoms with van der Waals surface area (Å²) in [5.74, 6) is 2.57. The van der Waals surface area contributed by atoms with E-state index in [1.165, 1.54) is 38.5 Å². The lowest BCUT2D eigenvalue weighted by Crippen LogP contribution is -2.38. The maximum atomic E-state index is 5.93. The molecule has 0 atom stereocenters. The van der Waals surface area contributed by atoms with Gasteiger partial charge in [-0.25, -0.2) is 4.99 Å². The molecule has 0 spiro atoms. The molecule has 0 aromatic carbocycles. The van der Waals surface area contributed by atoms with Crippen molar-refractivity contribution in [2.75, 3.05) is 0 Å². The van der Waals surface area contributed by atoms with E-state index >= 15 is 0 Å². The van der Waals surface area contributed by atoms with Gasteiger partial charge in [-0.1, -0.05) is 12.8 Å². The number of rotatable bonds is 3. The molecule has 1 aromatic heterocycles. The minimum Gasteiger partial charge on any atom is -0.370 e. The molecule has 0 amide bonds. The highest BCUT2D eigenvalue weighted by molar-refractivity contribution is 5.78. The van der Waals surface area contributed by atoms with E-state index in [1.54, 1.807) is 0 Å². The molecule has 2 aliphatic rings. The summed E-state index contributed by atoms with van der Waals surface area (Å²) in [6.07, 6.45) is 8.45. The highest BCUT2D eigenvalue weighted by Crippen LogP contribution is 2.17. The zero-order valence-electron chi connectivity index (χ0n) is 11.3. The predicted octanol–water partition coefficient (Wildman–Crippen LogP) is 0.961. The third kappa shape index (κ3) is 2.88. The van der Waals surface area contributed by atoms with Crippen molar-refractivity contribution >= 4 is 5.96 Å². The first kappa shape index (κ1) is 12.4. The molecule has 0 bridgehead atoms. The molecule has 19 heavy (non-hydrogen) atoms. The Bertz CT molecular complexity index is 458. The molecule has 1 aliphatic carbocycles. The minimum absolute atomic E-state index is 0.510. The van der Waals surface area contributed by atoms with Gasteiger partial charge >= 0.3 is 0 Å². The van der Waals surface area contributed by atoms with E-state index in [0.29, 0.717) is 18.5 Å². The number of aliphatic imine (C=N–C) groups is 1. The van der Waals surface area contributed by atoms with Crippen molar-refractivity contribution in [3.63, 3.8) is 0 Å². The van der Waals surface area contributed by atoms with Gasteiger partial charge in [0.1, 0.15) is 12.4 Å². The Morgan fingerprint density at radius 3 is 2.95 bits per heavy atom. The van der Waals surface area contributed by atoms with Crippen molar-refractivity contribution in [3.8, 4) is 0 Å². The van der Waals surface area contributed by atoms with E-state index in [4.69, 9.17) is 5.73 Å². The molecule has 2 heterocycles. The molecule has 1 aromatic rings. The number of guanidine groups is 1. The summed E-state index contributed by atoms with van der Waals surface area (Å²) in [7, 11) is 0. The Labute approximate surface area is 113 Å². The lowest BCUT2D eigenvalue weighted by Gasteiger charge is -2.14. The number of aryl methyl sites for hydroxylation is 1. The number of nitrogens with zero attached hydrogens (tertiary/aromatic N) is 4. The zero-order valence-corrected chi connectivity index (χ0v) is 11.3. The van der Waals surface area contributed by atoms with E-state index in [9.17, 15) is 0 Å². The minimum atomic E-state index is 0.510. The summed E-state index contributed by atoms with van der Waals surface area (Å²) in [6, 6.07) is 0.510. The second-order valence-electron chi connectivity index (χ2n) is 5.47. The quantitative estimate of drug-likeness (QED) is 0.628. The Kier molecular flexibility index (Phi) is 3.66. The third-order valence-corrected chi connectivity index (χ3v) is 4.03. The van der Waals surface area contributed by atoms with Gasteiger partial charge in [0.2, 0.25) is 0 Å². The van der Waals surface area contributed by atoms with Crippen molar-refractivity contribution in [2.24, 2.45) is 10.7 Å². The second-order valence-corrected chi connectivity index (χ2v) is 5.47. The topological polar surface area (TPSA) is 81.1 Å². The van der Waals surface area contributed by atoms with E-state index in [-0.39, 0.29) is 0 Å². The van der Waals surface area contributed by atoms with E-state index in [2.05, 4.69) is 25.1 Å². The molecule has 104 valence electrons. The third-order valence-electron chi connectivity index (χ3n) is 4.03. The van der Waals surface area contributed by atoms with Gasteiger partial charge in [0.05, 0.1) is 0 Å². The average molecular weight is 262 g/mol. The van der Waals surface area contributed by atoms with Crippen LogP contribution in [-0.2, 0) is 19.5 Å². The van der Waals surface area contributed by atoms with Gasteiger partial charge in [-0.3, -0.25) is 0 Å². The van der Waals surface area contributed by atoms with Crippen molar-refractivity contribution in [1.29, 1.82) is 0 Å². The summed E-state index contributed by atoms with van der Waals surface area (Å²) in [5.41, 5.74) is 5.93. The molecule has 6 nitrogen and oxygen atoms in total. The van der Waals surface area contributed by atoms with Crippen LogP contribution in [0, 0.1) is 0 Å². The number of nitrogens with two attached hydrogens (primary N) is 1. The van der Waals surface area contributed by atoms with Crippen molar-refractivity contribution in [1.82, 2.24) is 20.1 Å². The van der Waals surface area contributed by atoms with Gasteiger partial charge < -0.3 is 15.6 Å². The Balaban J connectivity index is 1.60. The van der Waals surface area contributed by atoms with Crippen molar-refractivity contribution < 1.29 is 0 Å². The molecule has 1 fully saturated rings. The van der Waals surface area contributed by atoms with Crippen LogP contribution >= 0.6 is 0 Å². The first-order valence-corrected chi connectivity index (χ1v) is 7.30. The summed E-state index contributed by atoms with van der Waals surface area (Å²) in [6.45, 7) is 1.54. The fourth-order valence-electron chi connectivity index (χ4n) is 2.97. The molecule has 1 saturated carbocycles. The summed E-state index contributed by atoms with van der Waals surface area (Å²) >= 11 is 0. The van der Waals surface area contributed by atoms with Crippen LogP contribution in [-0.4, -0.2) is 26.8 Å². The summed E-state index contributed by atoms with van der Waals surface area (Å²) < 4.78 is 2.19. The van der Waals surface area contributed by atoms with E-state index < -0.39 is 0 Å². The van der Waals surface area contributed by atoms with Gasteiger partial charge in [-0.2, -0.15) is 0 Å². The SMILES string of the molecule is NC(=NCc1nnc2n1CCCC2)NC1CCCC1. The smallest absolute Gasteiger partial charge is 0.189 e. The van der Waals surface area contributed by atoms with Gasteiger partial charge in [0.15, 0.2) is 11.8 Å². The van der Waals surface area contributed by atoms with Gasteiger partial charge in [0.25, 0.3) is 0 Å². The molecule has 3 rings (SSSR count). The van der Waals surface area contributed by atoms with Crippen LogP contribution < -0.4 is 11.1 Å². The van der Waals surface area contributed by atoms with Crippen molar-refractivity contribution in [2.45, 2.75) is 64.1 Å². The molecule has 0 radical (unpaired) electrons. The lowest BCUT2D eigenvalue weighted by molar-refractivity contribution is 0.508. The first-order valence-electron chi connectivity index (χ1n) is 7.30. The number of aromatic nitrogens is 3. The maximum absolute atomic E-state index is 5.93. The fraction of sp³-hybridized carbons (Fsp3) is 0.769. The number of hydrogen-bond donors (Lipinski definition) is 2. The second kappa shape index (κ2) is 5.59. The number of nitrogens with one attached hydrogen (secondary N) is 1. The fourth-order valence-corrected chi connectivity index (χ4v) is 2.97. The van der Waals surface area contributed by atoms with Crippen LogP contribution in [0.1, 0.15) is 50.2 Å². The van der Waals surface area contributed by atoms with Gasteiger partial charge in [-0.05, 0) is 25.7 Å². The van der Waals surface area contributed by atoms with Crippen LogP contribution in [0.2, 0.25) is 0 Å². The lowest BCUT2D eigenvalue weighted by atomic mass is 10.2. The van der Waals surface area contributed by atoms with Crippen LogP contribution in [0.15, 0.2) is 4.99 Å². The number of hydrogen-bond acceptors (Lipinski definition) is 3. The number of fused-ring (bicyclic) bond motifs is 1. The van der Waals surface area contributed by atoms with E-state index in [0.717, 1.165) is 24.6 Å². The molecule has 1 aliphatic heterocycles. The first-order chi connectivity index (χ1) is 9.33. The molecule has 3 N–H and O–H groups in total. The summed E-state index contributed by atoms with van der Waals surface area (Å²) in [5, 5.41) is 11.7.